The van der Waals surface area contributed by atoms with Gasteiger partial charge in [-0.2, -0.15) is 0 Å². The van der Waals surface area contributed by atoms with Crippen molar-refractivity contribution >= 4 is 10.8 Å². The van der Waals surface area contributed by atoms with E-state index in [9.17, 15) is 0 Å². The molecule has 0 N–H and O–H groups in total. The highest BCUT2D eigenvalue weighted by molar-refractivity contribution is 5.82. The molecule has 8 rings (SSSR count). The molecule has 9 nitrogen and oxygen atoms in total. The van der Waals surface area contributed by atoms with Gasteiger partial charge in [-0.05, 0) is 66.8 Å². The number of ether oxygens (including phenoxy) is 9. The Kier molecular flexibility index (Phi) is 15.5. The Morgan fingerprint density at radius 1 is 0.661 bits per heavy atom. The molecule has 62 heavy (non-hydrogen) atoms. The number of hydrogen-bond acceptors (Lipinski definition) is 9. The molecule has 0 aliphatic carbocycles. The molecule has 0 bridgehead atoms. The van der Waals surface area contributed by atoms with Crippen molar-refractivity contribution < 1.29 is 42.6 Å². The molecular formula is C53H60O9. The van der Waals surface area contributed by atoms with Crippen LogP contribution in [0.5, 0.6) is 0 Å². The summed E-state index contributed by atoms with van der Waals surface area (Å²) in [7, 11) is 0. The summed E-state index contributed by atoms with van der Waals surface area (Å²) in [6, 6.07) is 35.3. The highest BCUT2D eigenvalue weighted by Crippen LogP contribution is 2.40. The van der Waals surface area contributed by atoms with E-state index in [1.54, 1.807) is 6.08 Å². The van der Waals surface area contributed by atoms with Crippen LogP contribution in [0.25, 0.3) is 10.8 Å². The second kappa shape index (κ2) is 21.8. The molecule has 0 spiro atoms. The van der Waals surface area contributed by atoms with Crippen molar-refractivity contribution in [3.05, 3.63) is 156 Å². The quantitative estimate of drug-likeness (QED) is 0.0588. The molecule has 4 heterocycles. The SMILES string of the molecule is C#C/C=C\C[C@H]1O[C@H]2C=C[C@H]3O[C@H]4[C@H](OCc5ccccc5)[C@@H](OCc5ccccc5)[C@H](C[C@H](C)OCc5ccc6ccccc6c5)O[C@@H]4C[C@@H]3O[C@@H]2C=C[C@@H]1OC(C)OCC. The maximum absolute atomic E-state index is 7.14. The molecule has 13 atom stereocenters. The fourth-order valence-electron chi connectivity index (χ4n) is 8.95. The predicted molar refractivity (Wildman–Crippen MR) is 239 cm³/mol. The Morgan fingerprint density at radius 2 is 1.34 bits per heavy atom. The lowest BCUT2D eigenvalue weighted by atomic mass is 9.86. The molecule has 0 saturated carbocycles. The fraction of sp³-hybridized carbons (Fsp3) is 0.434. The summed E-state index contributed by atoms with van der Waals surface area (Å²) in [6.45, 7) is 7.78. The van der Waals surface area contributed by atoms with Gasteiger partial charge in [0.2, 0.25) is 0 Å². The summed E-state index contributed by atoms with van der Waals surface area (Å²) in [4.78, 5) is 0. The molecule has 326 valence electrons. The highest BCUT2D eigenvalue weighted by atomic mass is 16.7. The summed E-state index contributed by atoms with van der Waals surface area (Å²) in [5, 5.41) is 2.40. The van der Waals surface area contributed by atoms with E-state index in [4.69, 9.17) is 49.1 Å². The Hall–Kier alpha value is -4.44. The summed E-state index contributed by atoms with van der Waals surface area (Å²) >= 11 is 0. The molecule has 0 aromatic heterocycles. The molecule has 1 unspecified atom stereocenters. The van der Waals surface area contributed by atoms with Crippen LogP contribution in [0.2, 0.25) is 0 Å². The first-order valence-electron chi connectivity index (χ1n) is 22.2. The van der Waals surface area contributed by atoms with Gasteiger partial charge in [-0.15, -0.1) is 6.42 Å². The van der Waals surface area contributed by atoms with E-state index in [-0.39, 0.29) is 54.9 Å². The van der Waals surface area contributed by atoms with Gasteiger partial charge in [-0.3, -0.25) is 0 Å². The third-order valence-electron chi connectivity index (χ3n) is 12.0. The summed E-state index contributed by atoms with van der Waals surface area (Å²) in [5.74, 6) is 2.58. The minimum Gasteiger partial charge on any atom is -0.374 e. The Balaban J connectivity index is 1.04. The van der Waals surface area contributed by atoms with Crippen molar-refractivity contribution in [2.75, 3.05) is 6.61 Å². The molecule has 4 aliphatic heterocycles. The van der Waals surface area contributed by atoms with Gasteiger partial charge in [-0.1, -0.05) is 133 Å². The van der Waals surface area contributed by atoms with Crippen LogP contribution >= 0.6 is 0 Å². The van der Waals surface area contributed by atoms with E-state index in [0.717, 1.165) is 16.7 Å². The first kappa shape index (κ1) is 44.2. The first-order valence-corrected chi connectivity index (χ1v) is 22.2. The number of terminal acetylenes is 1. The van der Waals surface area contributed by atoms with Crippen LogP contribution in [0, 0.1) is 12.3 Å². The van der Waals surface area contributed by atoms with Gasteiger partial charge in [0.15, 0.2) is 6.29 Å². The molecule has 4 aromatic rings. The van der Waals surface area contributed by atoms with Crippen LogP contribution in [0.3, 0.4) is 0 Å². The van der Waals surface area contributed by atoms with Gasteiger partial charge in [0, 0.05) is 19.4 Å². The molecule has 4 aromatic carbocycles. The van der Waals surface area contributed by atoms with Gasteiger partial charge < -0.3 is 42.6 Å². The standard InChI is InChI=1S/C53H60O9/c1-5-7-10-23-43-44(58-37(4)54-6-2)26-27-46-45(59-43)28-29-47-48(60-46)32-50-52(62-47)53(57-34-39-19-13-9-14-20-39)51(56-33-38-17-11-8-12-18-38)49(61-50)30-36(3)55-35-40-24-25-41-21-15-16-22-42(41)31-40/h1,7-22,24-29,31,36-37,43-53H,6,23,30,32-35H2,2-4H3/b10-7-/t36-,37?,43+,44-,45-,46+,47+,48-,49-,50+,51-,52+,53+/m0/s1. The topological polar surface area (TPSA) is 83.1 Å². The molecule has 2 fully saturated rings. The zero-order chi connectivity index (χ0) is 42.7. The molecule has 4 aliphatic rings. The lowest BCUT2D eigenvalue weighted by Gasteiger charge is -2.51. The van der Waals surface area contributed by atoms with Crippen LogP contribution in [-0.2, 0) is 62.5 Å². The van der Waals surface area contributed by atoms with Gasteiger partial charge in [0.25, 0.3) is 0 Å². The molecule has 0 radical (unpaired) electrons. The first-order chi connectivity index (χ1) is 30.4. The summed E-state index contributed by atoms with van der Waals surface area (Å²) < 4.78 is 60.4. The maximum atomic E-state index is 7.14. The average molecular weight is 841 g/mol. The monoisotopic (exact) mass is 840 g/mol. The van der Waals surface area contributed by atoms with Crippen LogP contribution in [0.15, 0.2) is 140 Å². The van der Waals surface area contributed by atoms with Crippen LogP contribution in [0.1, 0.15) is 56.7 Å². The summed E-state index contributed by atoms with van der Waals surface area (Å²) in [5.41, 5.74) is 3.26. The molecular weight excluding hydrogens is 781 g/mol. The van der Waals surface area contributed by atoms with Crippen molar-refractivity contribution in [3.63, 3.8) is 0 Å². The molecule has 2 saturated heterocycles. The van der Waals surface area contributed by atoms with Gasteiger partial charge in [-0.25, -0.2) is 0 Å². The van der Waals surface area contributed by atoms with E-state index < -0.39 is 24.6 Å². The number of fused-ring (bicyclic) bond motifs is 4. The van der Waals surface area contributed by atoms with Crippen LogP contribution < -0.4 is 0 Å². The van der Waals surface area contributed by atoms with E-state index in [2.05, 4.69) is 97.8 Å². The Bertz CT molecular complexity index is 2130. The second-order valence-corrected chi connectivity index (χ2v) is 16.6. The van der Waals surface area contributed by atoms with E-state index in [1.807, 2.05) is 62.4 Å². The minimum atomic E-state index is -0.454. The zero-order valence-electron chi connectivity index (χ0n) is 36.0. The lowest BCUT2D eigenvalue weighted by Crippen LogP contribution is -2.64. The van der Waals surface area contributed by atoms with Crippen molar-refractivity contribution in [1.29, 1.82) is 0 Å². The third kappa shape index (κ3) is 11.4. The number of hydrogen-bond donors (Lipinski definition) is 0. The number of benzene rings is 4. The van der Waals surface area contributed by atoms with Crippen LogP contribution in [0.4, 0.5) is 0 Å². The van der Waals surface area contributed by atoms with Crippen molar-refractivity contribution in [2.45, 2.75) is 139 Å². The van der Waals surface area contributed by atoms with Crippen molar-refractivity contribution in [1.82, 2.24) is 0 Å². The van der Waals surface area contributed by atoms with E-state index in [0.29, 0.717) is 45.7 Å². The third-order valence-corrected chi connectivity index (χ3v) is 12.0. The molecule has 0 amide bonds. The zero-order valence-corrected chi connectivity index (χ0v) is 36.0. The van der Waals surface area contributed by atoms with Gasteiger partial charge in [0.1, 0.15) is 42.7 Å². The second-order valence-electron chi connectivity index (χ2n) is 16.6. The average Bonchev–Trinajstić information content (AvgIpc) is 3.56. The van der Waals surface area contributed by atoms with Crippen molar-refractivity contribution in [3.8, 4) is 12.3 Å². The summed E-state index contributed by atoms with van der Waals surface area (Å²) in [6.07, 6.45) is 14.4. The maximum Gasteiger partial charge on any atom is 0.155 e. The van der Waals surface area contributed by atoms with Crippen molar-refractivity contribution in [2.24, 2.45) is 0 Å². The lowest BCUT2D eigenvalue weighted by molar-refractivity contribution is -0.301. The highest BCUT2D eigenvalue weighted by Gasteiger charge is 2.53. The smallest absolute Gasteiger partial charge is 0.155 e. The molecule has 9 heteroatoms. The van der Waals surface area contributed by atoms with Crippen LogP contribution in [-0.4, -0.2) is 86.1 Å². The largest absolute Gasteiger partial charge is 0.374 e. The number of rotatable bonds is 17. The number of allylic oxidation sites excluding steroid dienone is 1. The van der Waals surface area contributed by atoms with E-state index in [1.165, 1.54) is 10.8 Å². The van der Waals surface area contributed by atoms with E-state index >= 15 is 0 Å². The predicted octanol–water partition coefficient (Wildman–Crippen LogP) is 9.23. The normalized spacial score (nSPS) is 30.4. The Morgan fingerprint density at radius 3 is 2.08 bits per heavy atom. The van der Waals surface area contributed by atoms with Gasteiger partial charge in [0.05, 0.1) is 50.3 Å². The Labute approximate surface area is 366 Å². The fourth-order valence-corrected chi connectivity index (χ4v) is 8.95. The van der Waals surface area contributed by atoms with Gasteiger partial charge >= 0.3 is 0 Å². The minimum absolute atomic E-state index is 0.145.